The van der Waals surface area contributed by atoms with E-state index < -0.39 is 0 Å². The van der Waals surface area contributed by atoms with E-state index in [0.717, 1.165) is 0 Å². The molecule has 0 aliphatic carbocycles. The molecule has 1 aromatic rings. The highest BCUT2D eigenvalue weighted by atomic mass is 35.5. The predicted octanol–water partition coefficient (Wildman–Crippen LogP) is 1.28. The molecule has 1 aromatic carbocycles. The lowest BCUT2D eigenvalue weighted by molar-refractivity contribution is 0.102. The van der Waals surface area contributed by atoms with Crippen molar-refractivity contribution in [3.05, 3.63) is 17.7 Å². The van der Waals surface area contributed by atoms with Gasteiger partial charge in [-0.3, -0.25) is 4.79 Å². The molecular formula is C9H11ClN2O2. The number of carbonyl (C=O) groups excluding carboxylic acids is 1. The summed E-state index contributed by atoms with van der Waals surface area (Å²) in [6, 6.07) is 3.17. The molecular weight excluding hydrogens is 204 g/mol. The number of benzene rings is 1. The van der Waals surface area contributed by atoms with E-state index >= 15 is 0 Å². The lowest BCUT2D eigenvalue weighted by Gasteiger charge is -2.10. The van der Waals surface area contributed by atoms with Crippen LogP contribution in [0.15, 0.2) is 12.1 Å². The average Bonchev–Trinajstić information content (AvgIpc) is 2.18. The van der Waals surface area contributed by atoms with Crippen LogP contribution in [-0.2, 0) is 0 Å². The summed E-state index contributed by atoms with van der Waals surface area (Å²) in [5, 5.41) is 0. The van der Waals surface area contributed by atoms with Crippen LogP contribution in [0.25, 0.3) is 0 Å². The molecule has 0 fully saturated rings. The van der Waals surface area contributed by atoms with Gasteiger partial charge in [0, 0.05) is 5.69 Å². The SMILES string of the molecule is COc1ccc(N)c(C(=O)CCl)c1N. The van der Waals surface area contributed by atoms with Gasteiger partial charge in [-0.15, -0.1) is 11.6 Å². The quantitative estimate of drug-likeness (QED) is 0.451. The zero-order valence-corrected chi connectivity index (χ0v) is 8.47. The smallest absolute Gasteiger partial charge is 0.181 e. The lowest BCUT2D eigenvalue weighted by atomic mass is 10.1. The van der Waals surface area contributed by atoms with Crippen molar-refractivity contribution >= 4 is 28.8 Å². The lowest BCUT2D eigenvalue weighted by Crippen LogP contribution is -2.09. The van der Waals surface area contributed by atoms with Gasteiger partial charge >= 0.3 is 0 Å². The maximum absolute atomic E-state index is 11.4. The fourth-order valence-corrected chi connectivity index (χ4v) is 1.31. The number of ketones is 1. The van der Waals surface area contributed by atoms with Gasteiger partial charge < -0.3 is 16.2 Å². The monoisotopic (exact) mass is 214 g/mol. The van der Waals surface area contributed by atoms with Crippen LogP contribution in [0.3, 0.4) is 0 Å². The number of alkyl halides is 1. The van der Waals surface area contributed by atoms with Crippen LogP contribution in [0.1, 0.15) is 10.4 Å². The zero-order valence-electron chi connectivity index (χ0n) is 7.71. The number of ether oxygens (including phenoxy) is 1. The van der Waals surface area contributed by atoms with E-state index in [4.69, 9.17) is 27.8 Å². The number of Topliss-reactive ketones (excluding diaryl/α,β-unsaturated/α-hetero) is 1. The van der Waals surface area contributed by atoms with E-state index in [0.29, 0.717) is 11.4 Å². The van der Waals surface area contributed by atoms with Crippen molar-refractivity contribution in [1.29, 1.82) is 0 Å². The highest BCUT2D eigenvalue weighted by molar-refractivity contribution is 6.32. The Morgan fingerprint density at radius 3 is 2.64 bits per heavy atom. The third kappa shape index (κ3) is 1.75. The van der Waals surface area contributed by atoms with Crippen molar-refractivity contribution in [2.75, 3.05) is 24.5 Å². The van der Waals surface area contributed by atoms with Crippen molar-refractivity contribution < 1.29 is 9.53 Å². The van der Waals surface area contributed by atoms with Gasteiger partial charge in [-0.25, -0.2) is 0 Å². The Balaban J connectivity index is 3.32. The molecule has 0 saturated heterocycles. The van der Waals surface area contributed by atoms with Crippen molar-refractivity contribution in [2.24, 2.45) is 0 Å². The number of hydrogen-bond acceptors (Lipinski definition) is 4. The number of anilines is 2. The minimum absolute atomic E-state index is 0.151. The molecule has 0 spiro atoms. The standard InChI is InChI=1S/C9H11ClN2O2/c1-14-7-3-2-5(11)8(9(7)12)6(13)4-10/h2-3H,4,11-12H2,1H3. The topological polar surface area (TPSA) is 78.3 Å². The largest absolute Gasteiger partial charge is 0.495 e. The molecule has 0 bridgehead atoms. The molecule has 0 radical (unpaired) electrons. The number of methoxy groups -OCH3 is 1. The second-order valence-corrected chi connectivity index (χ2v) is 2.97. The number of nitrogens with two attached hydrogens (primary N) is 2. The van der Waals surface area contributed by atoms with Crippen LogP contribution < -0.4 is 16.2 Å². The van der Waals surface area contributed by atoms with Crippen molar-refractivity contribution in [3.8, 4) is 5.75 Å². The summed E-state index contributed by atoms with van der Waals surface area (Å²) in [6.45, 7) is 0. The van der Waals surface area contributed by atoms with E-state index in [1.54, 1.807) is 12.1 Å². The summed E-state index contributed by atoms with van der Waals surface area (Å²) < 4.78 is 4.96. The first-order chi connectivity index (χ1) is 6.61. The van der Waals surface area contributed by atoms with Gasteiger partial charge in [-0.2, -0.15) is 0 Å². The molecule has 4 nitrogen and oxygen atoms in total. The molecule has 14 heavy (non-hydrogen) atoms. The molecule has 1 rings (SSSR count). The summed E-state index contributed by atoms with van der Waals surface area (Å²) in [7, 11) is 1.47. The minimum atomic E-state index is -0.305. The Hall–Kier alpha value is -1.42. The maximum atomic E-state index is 11.4. The Morgan fingerprint density at radius 2 is 2.14 bits per heavy atom. The highest BCUT2D eigenvalue weighted by Crippen LogP contribution is 2.30. The number of halogens is 1. The third-order valence-corrected chi connectivity index (χ3v) is 2.10. The first-order valence-corrected chi connectivity index (χ1v) is 4.46. The fourth-order valence-electron chi connectivity index (χ4n) is 1.17. The van der Waals surface area contributed by atoms with Crippen LogP contribution in [-0.4, -0.2) is 18.8 Å². The van der Waals surface area contributed by atoms with Crippen LogP contribution >= 0.6 is 11.6 Å². The van der Waals surface area contributed by atoms with Gasteiger partial charge in [0.05, 0.1) is 24.2 Å². The molecule has 0 aromatic heterocycles. The fraction of sp³-hybridized carbons (Fsp3) is 0.222. The summed E-state index contributed by atoms with van der Waals surface area (Å²) in [6.07, 6.45) is 0. The molecule has 0 saturated carbocycles. The number of carbonyl (C=O) groups is 1. The second-order valence-electron chi connectivity index (χ2n) is 2.70. The predicted molar refractivity (Wildman–Crippen MR) is 56.9 cm³/mol. The summed E-state index contributed by atoms with van der Waals surface area (Å²) >= 11 is 5.42. The average molecular weight is 215 g/mol. The van der Waals surface area contributed by atoms with Gasteiger partial charge in [0.25, 0.3) is 0 Å². The molecule has 0 unspecified atom stereocenters. The normalized spacial score (nSPS) is 9.86. The molecule has 0 aliphatic heterocycles. The molecule has 4 N–H and O–H groups in total. The molecule has 5 heteroatoms. The van der Waals surface area contributed by atoms with Crippen molar-refractivity contribution in [3.63, 3.8) is 0 Å². The number of rotatable bonds is 3. The minimum Gasteiger partial charge on any atom is -0.495 e. The molecule has 0 aliphatic rings. The third-order valence-electron chi connectivity index (χ3n) is 1.86. The van der Waals surface area contributed by atoms with E-state index in [-0.39, 0.29) is 22.9 Å². The molecule has 0 heterocycles. The van der Waals surface area contributed by atoms with Crippen LogP contribution in [0.5, 0.6) is 5.75 Å². The number of nitrogen functional groups attached to an aromatic ring is 2. The van der Waals surface area contributed by atoms with E-state index in [1.165, 1.54) is 7.11 Å². The summed E-state index contributed by atoms with van der Waals surface area (Å²) in [5.41, 5.74) is 12.1. The van der Waals surface area contributed by atoms with Crippen molar-refractivity contribution in [2.45, 2.75) is 0 Å². The van der Waals surface area contributed by atoms with Gasteiger partial charge in [-0.1, -0.05) is 0 Å². The Bertz CT molecular complexity index is 366. The molecule has 0 atom stereocenters. The first-order valence-electron chi connectivity index (χ1n) is 3.93. The zero-order chi connectivity index (χ0) is 10.7. The van der Waals surface area contributed by atoms with Crippen molar-refractivity contribution in [1.82, 2.24) is 0 Å². The van der Waals surface area contributed by atoms with E-state index in [2.05, 4.69) is 0 Å². The summed E-state index contributed by atoms with van der Waals surface area (Å²) in [5.74, 6) is -0.0325. The van der Waals surface area contributed by atoms with Gasteiger partial charge in [0.2, 0.25) is 0 Å². The number of hydrogen-bond donors (Lipinski definition) is 2. The van der Waals surface area contributed by atoms with E-state index in [1.807, 2.05) is 0 Å². The highest BCUT2D eigenvalue weighted by Gasteiger charge is 2.15. The van der Waals surface area contributed by atoms with E-state index in [9.17, 15) is 4.79 Å². The molecule has 0 amide bonds. The summed E-state index contributed by atoms with van der Waals surface area (Å²) in [4.78, 5) is 11.4. The van der Waals surface area contributed by atoms with Crippen LogP contribution in [0.4, 0.5) is 11.4 Å². The van der Waals surface area contributed by atoms with Gasteiger partial charge in [0.15, 0.2) is 5.78 Å². The van der Waals surface area contributed by atoms with Gasteiger partial charge in [-0.05, 0) is 12.1 Å². The Labute approximate surface area is 86.8 Å². The first kappa shape index (κ1) is 10.7. The Morgan fingerprint density at radius 1 is 1.50 bits per heavy atom. The van der Waals surface area contributed by atoms with Gasteiger partial charge in [0.1, 0.15) is 5.75 Å². The Kier molecular flexibility index (Phi) is 3.19. The molecule has 76 valence electrons. The van der Waals surface area contributed by atoms with Crippen LogP contribution in [0.2, 0.25) is 0 Å². The van der Waals surface area contributed by atoms with Crippen LogP contribution in [0, 0.1) is 0 Å². The maximum Gasteiger partial charge on any atom is 0.181 e. The second kappa shape index (κ2) is 4.19.